The van der Waals surface area contributed by atoms with Gasteiger partial charge in [-0.2, -0.15) is 0 Å². The first-order valence-electron chi connectivity index (χ1n) is 9.84. The minimum Gasteiger partial charge on any atom is -0.497 e. The second-order valence-electron chi connectivity index (χ2n) is 6.83. The summed E-state index contributed by atoms with van der Waals surface area (Å²) < 4.78 is 24.8. The van der Waals surface area contributed by atoms with Crippen molar-refractivity contribution in [2.45, 2.75) is 27.2 Å². The third-order valence-corrected chi connectivity index (χ3v) is 4.73. The largest absolute Gasteiger partial charge is 0.497 e. The molecule has 0 radical (unpaired) electrons. The van der Waals surface area contributed by atoms with Crippen LogP contribution in [0, 0.1) is 12.7 Å². The molecule has 1 N–H and O–H groups in total. The van der Waals surface area contributed by atoms with E-state index in [0.717, 1.165) is 11.1 Å². The Morgan fingerprint density at radius 3 is 2.63 bits per heavy atom. The lowest BCUT2D eigenvalue weighted by Crippen LogP contribution is -2.08. The van der Waals surface area contributed by atoms with Crippen LogP contribution in [0.5, 0.6) is 5.75 Å². The van der Waals surface area contributed by atoms with Gasteiger partial charge in [-0.25, -0.2) is 9.18 Å². The summed E-state index contributed by atoms with van der Waals surface area (Å²) >= 11 is 0. The van der Waals surface area contributed by atoms with Gasteiger partial charge < -0.3 is 14.8 Å². The minimum atomic E-state index is -0.387. The zero-order valence-corrected chi connectivity index (χ0v) is 17.6. The number of carbonyl (C=O) groups is 1. The molecule has 0 fully saturated rings. The maximum atomic E-state index is 14.4. The molecule has 0 bridgehead atoms. The molecule has 0 amide bonds. The molecule has 30 heavy (non-hydrogen) atoms. The Morgan fingerprint density at radius 1 is 1.13 bits per heavy atom. The highest BCUT2D eigenvalue weighted by molar-refractivity contribution is 5.96. The molecule has 5 nitrogen and oxygen atoms in total. The number of anilines is 2. The monoisotopic (exact) mass is 408 g/mol. The molecule has 0 atom stereocenters. The van der Waals surface area contributed by atoms with Crippen molar-refractivity contribution in [1.29, 1.82) is 0 Å². The molecule has 1 aromatic heterocycles. The van der Waals surface area contributed by atoms with E-state index >= 15 is 0 Å². The fourth-order valence-corrected chi connectivity index (χ4v) is 3.20. The fraction of sp³-hybridized carbons (Fsp3) is 0.250. The fourth-order valence-electron chi connectivity index (χ4n) is 3.20. The Kier molecular flexibility index (Phi) is 6.67. The third-order valence-electron chi connectivity index (χ3n) is 4.73. The predicted molar refractivity (Wildman–Crippen MR) is 116 cm³/mol. The Balaban J connectivity index is 1.98. The van der Waals surface area contributed by atoms with E-state index in [-0.39, 0.29) is 11.8 Å². The minimum absolute atomic E-state index is 0.300. The van der Waals surface area contributed by atoms with E-state index < -0.39 is 0 Å². The highest BCUT2D eigenvalue weighted by Gasteiger charge is 2.16. The molecule has 0 unspecified atom stereocenters. The summed E-state index contributed by atoms with van der Waals surface area (Å²) in [6, 6.07) is 12.0. The van der Waals surface area contributed by atoms with Crippen molar-refractivity contribution in [3.8, 4) is 17.0 Å². The summed E-state index contributed by atoms with van der Waals surface area (Å²) in [5, 5.41) is 3.25. The van der Waals surface area contributed by atoms with Crippen molar-refractivity contribution in [3.63, 3.8) is 0 Å². The number of carbonyl (C=O) groups excluding carboxylic acids is 1. The summed E-state index contributed by atoms with van der Waals surface area (Å²) in [5.74, 6) is -0.180. The van der Waals surface area contributed by atoms with Crippen molar-refractivity contribution >= 4 is 17.3 Å². The zero-order chi connectivity index (χ0) is 21.7. The summed E-state index contributed by atoms with van der Waals surface area (Å²) in [6.07, 6.45) is 2.29. The normalized spacial score (nSPS) is 10.6. The Bertz CT molecular complexity index is 1070. The number of aromatic nitrogens is 1. The van der Waals surface area contributed by atoms with E-state index in [1.54, 1.807) is 38.4 Å². The average molecular weight is 408 g/mol. The smallest absolute Gasteiger partial charge is 0.340 e. The number of rotatable bonds is 7. The third kappa shape index (κ3) is 4.59. The van der Waals surface area contributed by atoms with Gasteiger partial charge in [0.1, 0.15) is 11.6 Å². The number of esters is 1. The maximum Gasteiger partial charge on any atom is 0.340 e. The molecule has 0 aliphatic carbocycles. The first-order chi connectivity index (χ1) is 14.5. The number of aryl methyl sites for hydroxylation is 2. The molecule has 0 saturated heterocycles. The number of methoxy groups -OCH3 is 1. The molecule has 0 aliphatic rings. The molecule has 2 aromatic carbocycles. The summed E-state index contributed by atoms with van der Waals surface area (Å²) in [5.41, 5.74) is 4.57. The van der Waals surface area contributed by atoms with E-state index in [2.05, 4.69) is 10.3 Å². The van der Waals surface area contributed by atoms with Crippen LogP contribution < -0.4 is 10.1 Å². The van der Waals surface area contributed by atoms with Crippen LogP contribution in [0.3, 0.4) is 0 Å². The molecule has 0 spiro atoms. The van der Waals surface area contributed by atoms with Gasteiger partial charge in [0.05, 0.1) is 42.5 Å². The lowest BCUT2D eigenvalue weighted by atomic mass is 10.0. The first kappa shape index (κ1) is 21.3. The lowest BCUT2D eigenvalue weighted by Gasteiger charge is -2.15. The summed E-state index contributed by atoms with van der Waals surface area (Å²) in [6.45, 7) is 5.97. The number of pyridine rings is 1. The van der Waals surface area contributed by atoms with Crippen LogP contribution in [0.2, 0.25) is 0 Å². The van der Waals surface area contributed by atoms with Crippen molar-refractivity contribution in [2.24, 2.45) is 0 Å². The molecule has 3 rings (SSSR count). The van der Waals surface area contributed by atoms with Crippen LogP contribution in [0.25, 0.3) is 11.3 Å². The van der Waals surface area contributed by atoms with E-state index in [9.17, 15) is 9.18 Å². The lowest BCUT2D eigenvalue weighted by molar-refractivity contribution is 0.0527. The van der Waals surface area contributed by atoms with Gasteiger partial charge in [0.2, 0.25) is 0 Å². The molecular weight excluding hydrogens is 383 g/mol. The second kappa shape index (κ2) is 9.39. The van der Waals surface area contributed by atoms with Crippen LogP contribution in [0.4, 0.5) is 15.8 Å². The van der Waals surface area contributed by atoms with Gasteiger partial charge in [0.15, 0.2) is 0 Å². The van der Waals surface area contributed by atoms with Gasteiger partial charge in [0.25, 0.3) is 0 Å². The predicted octanol–water partition coefficient (Wildman–Crippen LogP) is 5.69. The SMILES string of the molecule is CCOC(=O)c1cc(C)ccc1Nc1cnc(-c2cc(OC)ccc2F)c(CC)c1. The highest BCUT2D eigenvalue weighted by Crippen LogP contribution is 2.31. The molecular formula is C24H25FN2O3. The van der Waals surface area contributed by atoms with Crippen LogP contribution in [-0.4, -0.2) is 24.7 Å². The van der Waals surface area contributed by atoms with Gasteiger partial charge in [0, 0.05) is 5.56 Å². The zero-order valence-electron chi connectivity index (χ0n) is 17.6. The highest BCUT2D eigenvalue weighted by atomic mass is 19.1. The standard InChI is InChI=1S/C24H25FN2O3/c1-5-16-12-17(14-26-23(16)19-13-18(29-4)8-9-21(19)25)27-22-10-7-15(3)11-20(22)24(28)30-6-2/h7-14,27H,5-6H2,1-4H3. The molecule has 0 saturated carbocycles. The van der Waals surface area contributed by atoms with Gasteiger partial charge in [-0.1, -0.05) is 18.6 Å². The van der Waals surface area contributed by atoms with Gasteiger partial charge in [-0.15, -0.1) is 0 Å². The molecule has 1 heterocycles. The van der Waals surface area contributed by atoms with Gasteiger partial charge in [-0.3, -0.25) is 4.98 Å². The van der Waals surface area contributed by atoms with Crippen molar-refractivity contribution in [3.05, 3.63) is 71.2 Å². The van der Waals surface area contributed by atoms with E-state index in [1.807, 2.05) is 32.0 Å². The number of nitrogens with one attached hydrogen (secondary N) is 1. The topological polar surface area (TPSA) is 60.5 Å². The maximum absolute atomic E-state index is 14.4. The second-order valence-corrected chi connectivity index (χ2v) is 6.83. The Labute approximate surface area is 175 Å². The average Bonchev–Trinajstić information content (AvgIpc) is 2.75. The van der Waals surface area contributed by atoms with Crippen molar-refractivity contribution < 1.29 is 18.7 Å². The van der Waals surface area contributed by atoms with Crippen molar-refractivity contribution in [2.75, 3.05) is 19.0 Å². The number of hydrogen-bond acceptors (Lipinski definition) is 5. The number of benzene rings is 2. The molecule has 0 aliphatic heterocycles. The molecule has 6 heteroatoms. The van der Waals surface area contributed by atoms with Crippen molar-refractivity contribution in [1.82, 2.24) is 4.98 Å². The quantitative estimate of drug-likeness (QED) is 0.509. The number of hydrogen-bond donors (Lipinski definition) is 1. The molecule has 156 valence electrons. The van der Waals surface area contributed by atoms with Gasteiger partial charge >= 0.3 is 5.97 Å². The van der Waals surface area contributed by atoms with Crippen LogP contribution in [0.1, 0.15) is 35.3 Å². The summed E-state index contributed by atoms with van der Waals surface area (Å²) in [4.78, 5) is 16.8. The Hall–Kier alpha value is -3.41. The number of ether oxygens (including phenoxy) is 2. The van der Waals surface area contributed by atoms with E-state index in [4.69, 9.17) is 9.47 Å². The van der Waals surface area contributed by atoms with E-state index in [1.165, 1.54) is 6.07 Å². The van der Waals surface area contributed by atoms with Crippen LogP contribution in [-0.2, 0) is 11.2 Å². The summed E-state index contributed by atoms with van der Waals surface area (Å²) in [7, 11) is 1.54. The first-order valence-corrected chi connectivity index (χ1v) is 9.84. The van der Waals surface area contributed by atoms with E-state index in [0.29, 0.717) is 47.0 Å². The van der Waals surface area contributed by atoms with Gasteiger partial charge in [-0.05, 0) is 62.2 Å². The number of halogens is 1. The van der Waals surface area contributed by atoms with Crippen LogP contribution in [0.15, 0.2) is 48.7 Å². The Morgan fingerprint density at radius 2 is 1.93 bits per heavy atom. The molecule has 3 aromatic rings. The number of nitrogens with zero attached hydrogens (tertiary/aromatic N) is 1. The van der Waals surface area contributed by atoms with Crippen LogP contribution >= 0.6 is 0 Å².